The number of fused-ring (bicyclic) bond motifs is 1. The maximum Gasteiger partial charge on any atom is 0.263 e. The molecule has 4 rings (SSSR count). The summed E-state index contributed by atoms with van der Waals surface area (Å²) < 4.78 is 26.5. The van der Waals surface area contributed by atoms with Gasteiger partial charge < -0.3 is 5.32 Å². The SMILES string of the molecule is Cc1c(C)n(-c2ccccc2)c2ncn(CCC(=O)NC3CCS(=O)(=O)C3)c(=O)c12. The molecule has 0 radical (unpaired) electrons. The van der Waals surface area contributed by atoms with Crippen molar-refractivity contribution in [3.63, 3.8) is 0 Å². The van der Waals surface area contributed by atoms with Crippen molar-refractivity contribution in [2.24, 2.45) is 0 Å². The molecule has 0 bridgehead atoms. The minimum atomic E-state index is -3.05. The summed E-state index contributed by atoms with van der Waals surface area (Å²) in [6.07, 6.45) is 1.99. The Morgan fingerprint density at radius 2 is 1.97 bits per heavy atom. The van der Waals surface area contributed by atoms with Gasteiger partial charge in [0.25, 0.3) is 5.56 Å². The van der Waals surface area contributed by atoms with E-state index >= 15 is 0 Å². The molecule has 1 fully saturated rings. The first-order valence-electron chi connectivity index (χ1n) is 9.89. The fourth-order valence-corrected chi connectivity index (χ4v) is 5.64. The molecule has 1 aliphatic rings. The van der Waals surface area contributed by atoms with E-state index in [0.717, 1.165) is 16.9 Å². The molecule has 1 N–H and O–H groups in total. The number of nitrogens with zero attached hydrogens (tertiary/aromatic N) is 3. The molecule has 3 aromatic rings. The Balaban J connectivity index is 1.56. The zero-order valence-electron chi connectivity index (χ0n) is 17.0. The largest absolute Gasteiger partial charge is 0.352 e. The number of carbonyl (C=O) groups is 1. The van der Waals surface area contributed by atoms with Crippen LogP contribution in [0.25, 0.3) is 16.7 Å². The molecule has 9 heteroatoms. The predicted octanol–water partition coefficient (Wildman–Crippen LogP) is 1.50. The molecule has 3 heterocycles. The van der Waals surface area contributed by atoms with Gasteiger partial charge in [0.15, 0.2) is 15.5 Å². The Morgan fingerprint density at radius 3 is 2.63 bits per heavy atom. The van der Waals surface area contributed by atoms with Crippen LogP contribution in [0.3, 0.4) is 0 Å². The Morgan fingerprint density at radius 1 is 1.23 bits per heavy atom. The number of nitrogens with one attached hydrogen (secondary N) is 1. The summed E-state index contributed by atoms with van der Waals surface area (Å²) in [6, 6.07) is 9.39. The molecule has 1 atom stereocenters. The Kier molecular flexibility index (Phi) is 5.23. The molecule has 1 saturated heterocycles. The molecule has 0 saturated carbocycles. The summed E-state index contributed by atoms with van der Waals surface area (Å²) in [6.45, 7) is 4.04. The molecule has 2 aromatic heterocycles. The fraction of sp³-hybridized carbons (Fsp3) is 0.381. The highest BCUT2D eigenvalue weighted by Crippen LogP contribution is 2.24. The van der Waals surface area contributed by atoms with Crippen LogP contribution in [0, 0.1) is 13.8 Å². The van der Waals surface area contributed by atoms with Gasteiger partial charge in [0.05, 0.1) is 23.2 Å². The topological polar surface area (TPSA) is 103 Å². The van der Waals surface area contributed by atoms with Crippen LogP contribution in [-0.4, -0.2) is 46.0 Å². The summed E-state index contributed by atoms with van der Waals surface area (Å²) in [4.78, 5) is 29.8. The summed E-state index contributed by atoms with van der Waals surface area (Å²) in [5, 5.41) is 3.29. The van der Waals surface area contributed by atoms with Crippen molar-refractivity contribution >= 4 is 26.8 Å². The first-order valence-corrected chi connectivity index (χ1v) is 11.7. The second kappa shape index (κ2) is 7.71. The van der Waals surface area contributed by atoms with Crippen molar-refractivity contribution < 1.29 is 13.2 Å². The number of amides is 1. The molecule has 1 amide bonds. The highest BCUT2D eigenvalue weighted by Gasteiger charge is 2.28. The highest BCUT2D eigenvalue weighted by atomic mass is 32.2. The van der Waals surface area contributed by atoms with Gasteiger partial charge in [0.2, 0.25) is 5.91 Å². The van der Waals surface area contributed by atoms with Crippen LogP contribution in [0.5, 0.6) is 0 Å². The predicted molar refractivity (Wildman–Crippen MR) is 115 cm³/mol. The van der Waals surface area contributed by atoms with Crippen molar-refractivity contribution in [1.82, 2.24) is 19.4 Å². The first-order chi connectivity index (χ1) is 14.3. The van der Waals surface area contributed by atoms with Crippen LogP contribution in [0.2, 0.25) is 0 Å². The minimum Gasteiger partial charge on any atom is -0.352 e. The lowest BCUT2D eigenvalue weighted by Gasteiger charge is -2.11. The first kappa shape index (κ1) is 20.3. The van der Waals surface area contributed by atoms with Crippen LogP contribution < -0.4 is 10.9 Å². The quantitative estimate of drug-likeness (QED) is 0.663. The Bertz CT molecular complexity index is 1280. The average molecular weight is 429 g/mol. The van der Waals surface area contributed by atoms with E-state index in [2.05, 4.69) is 10.3 Å². The summed E-state index contributed by atoms with van der Waals surface area (Å²) in [7, 11) is -3.05. The van der Waals surface area contributed by atoms with Crippen molar-refractivity contribution in [3.8, 4) is 5.69 Å². The smallest absolute Gasteiger partial charge is 0.263 e. The van der Waals surface area contributed by atoms with E-state index in [1.165, 1.54) is 10.9 Å². The van der Waals surface area contributed by atoms with E-state index < -0.39 is 9.84 Å². The van der Waals surface area contributed by atoms with Crippen LogP contribution in [0.1, 0.15) is 24.1 Å². The fourth-order valence-electron chi connectivity index (χ4n) is 3.97. The van der Waals surface area contributed by atoms with Crippen molar-refractivity contribution in [3.05, 3.63) is 58.3 Å². The molecule has 1 unspecified atom stereocenters. The third kappa shape index (κ3) is 3.77. The van der Waals surface area contributed by atoms with Crippen LogP contribution >= 0.6 is 0 Å². The van der Waals surface area contributed by atoms with Crippen molar-refractivity contribution in [1.29, 1.82) is 0 Å². The standard InChI is InChI=1S/C21H24N4O4S/c1-14-15(2)25(17-6-4-3-5-7-17)20-19(14)21(27)24(13-22-20)10-8-18(26)23-16-9-11-30(28,29)12-16/h3-7,13,16H,8-12H2,1-2H3,(H,23,26). The van der Waals surface area contributed by atoms with E-state index in [0.29, 0.717) is 17.5 Å². The third-order valence-electron chi connectivity index (χ3n) is 5.67. The molecule has 0 aliphatic carbocycles. The van der Waals surface area contributed by atoms with Crippen LogP contribution in [-0.2, 0) is 21.2 Å². The van der Waals surface area contributed by atoms with E-state index in [1.807, 2.05) is 48.7 Å². The number of rotatable bonds is 5. The van der Waals surface area contributed by atoms with Gasteiger partial charge in [-0.2, -0.15) is 0 Å². The number of aryl methyl sites for hydroxylation is 2. The molecule has 30 heavy (non-hydrogen) atoms. The maximum atomic E-state index is 13.1. The summed E-state index contributed by atoms with van der Waals surface area (Å²) >= 11 is 0. The maximum absolute atomic E-state index is 13.1. The molecular weight excluding hydrogens is 404 g/mol. The van der Waals surface area contributed by atoms with Crippen molar-refractivity contribution in [2.75, 3.05) is 11.5 Å². The number of hydrogen-bond donors (Lipinski definition) is 1. The van der Waals surface area contributed by atoms with Gasteiger partial charge in [-0.25, -0.2) is 13.4 Å². The molecule has 1 aromatic carbocycles. The second-order valence-corrected chi connectivity index (χ2v) is 9.97. The number of benzene rings is 1. The Labute approximate surface area is 174 Å². The third-order valence-corrected chi connectivity index (χ3v) is 7.44. The van der Waals surface area contributed by atoms with E-state index in [4.69, 9.17) is 0 Å². The molecular formula is C21H24N4O4S. The number of hydrogen-bond acceptors (Lipinski definition) is 5. The van der Waals surface area contributed by atoms with Gasteiger partial charge >= 0.3 is 0 Å². The lowest BCUT2D eigenvalue weighted by Crippen LogP contribution is -2.36. The number of carbonyl (C=O) groups excluding carboxylic acids is 1. The highest BCUT2D eigenvalue weighted by molar-refractivity contribution is 7.91. The number of sulfone groups is 1. The zero-order valence-corrected chi connectivity index (χ0v) is 17.8. The van der Waals surface area contributed by atoms with Gasteiger partial charge in [-0.05, 0) is 38.0 Å². The molecule has 0 spiro atoms. The average Bonchev–Trinajstić information content (AvgIpc) is 3.18. The number of para-hydroxylation sites is 1. The van der Waals surface area contributed by atoms with E-state index in [1.54, 1.807) is 0 Å². The summed E-state index contributed by atoms with van der Waals surface area (Å²) in [5.74, 6) is -0.175. The van der Waals surface area contributed by atoms with Gasteiger partial charge in [-0.3, -0.25) is 18.7 Å². The second-order valence-electron chi connectivity index (χ2n) is 7.74. The van der Waals surface area contributed by atoms with Crippen LogP contribution in [0.4, 0.5) is 0 Å². The van der Waals surface area contributed by atoms with Crippen molar-refractivity contribution in [2.45, 2.75) is 39.3 Å². The van der Waals surface area contributed by atoms with Gasteiger partial charge in [-0.1, -0.05) is 18.2 Å². The lowest BCUT2D eigenvalue weighted by molar-refractivity contribution is -0.121. The van der Waals surface area contributed by atoms with E-state index in [9.17, 15) is 18.0 Å². The normalized spacial score (nSPS) is 18.0. The molecule has 1 aliphatic heterocycles. The number of aromatic nitrogens is 3. The lowest BCUT2D eigenvalue weighted by atomic mass is 10.2. The zero-order chi connectivity index (χ0) is 21.5. The molecule has 8 nitrogen and oxygen atoms in total. The van der Waals surface area contributed by atoms with E-state index in [-0.39, 0.29) is 42.0 Å². The molecule has 158 valence electrons. The minimum absolute atomic E-state index is 0.0162. The van der Waals surface area contributed by atoms with Gasteiger partial charge in [-0.15, -0.1) is 0 Å². The monoisotopic (exact) mass is 428 g/mol. The van der Waals surface area contributed by atoms with Gasteiger partial charge in [0.1, 0.15) is 0 Å². The Hall–Kier alpha value is -2.94. The van der Waals surface area contributed by atoms with Crippen LogP contribution in [0.15, 0.2) is 41.5 Å². The summed E-state index contributed by atoms with van der Waals surface area (Å²) in [5.41, 5.74) is 3.15. The van der Waals surface area contributed by atoms with Gasteiger partial charge in [0, 0.05) is 30.4 Å².